The Hall–Kier alpha value is -2.63. The molecule has 1 aromatic carbocycles. The van der Waals surface area contributed by atoms with Crippen molar-refractivity contribution in [1.82, 2.24) is 14.9 Å². The van der Waals surface area contributed by atoms with Crippen LogP contribution < -0.4 is 10.5 Å². The van der Waals surface area contributed by atoms with Crippen molar-refractivity contribution in [3.63, 3.8) is 0 Å². The lowest BCUT2D eigenvalue weighted by molar-refractivity contribution is 0.0822. The van der Waals surface area contributed by atoms with Crippen LogP contribution in [0.5, 0.6) is 5.75 Å². The first kappa shape index (κ1) is 13.8. The number of benzene rings is 1. The number of rotatable bonds is 3. The number of nitrogen functional groups attached to an aromatic ring is 1. The molecular formula is C14H16N4O2. The van der Waals surface area contributed by atoms with E-state index in [2.05, 4.69) is 9.97 Å². The summed E-state index contributed by atoms with van der Waals surface area (Å²) in [6.45, 7) is 0. The van der Waals surface area contributed by atoms with Crippen LogP contribution in [0.15, 0.2) is 30.3 Å². The minimum Gasteiger partial charge on any atom is -0.497 e. The highest BCUT2D eigenvalue weighted by Crippen LogP contribution is 2.22. The molecule has 0 bridgehead atoms. The number of anilines is 1. The molecule has 2 aromatic rings. The van der Waals surface area contributed by atoms with Gasteiger partial charge in [-0.15, -0.1) is 0 Å². The van der Waals surface area contributed by atoms with Crippen LogP contribution in [0.3, 0.4) is 0 Å². The lowest BCUT2D eigenvalue weighted by Gasteiger charge is -2.11. The monoisotopic (exact) mass is 272 g/mol. The number of amides is 1. The smallest absolute Gasteiger partial charge is 0.272 e. The van der Waals surface area contributed by atoms with Crippen LogP contribution in [0.25, 0.3) is 11.3 Å². The van der Waals surface area contributed by atoms with Gasteiger partial charge in [0.25, 0.3) is 5.91 Å². The van der Waals surface area contributed by atoms with Crippen molar-refractivity contribution in [1.29, 1.82) is 0 Å². The second-order valence-corrected chi connectivity index (χ2v) is 4.42. The maximum absolute atomic E-state index is 11.9. The number of hydrogen-bond donors (Lipinski definition) is 1. The normalized spacial score (nSPS) is 10.2. The molecule has 1 heterocycles. The zero-order valence-corrected chi connectivity index (χ0v) is 11.6. The van der Waals surface area contributed by atoms with Crippen LogP contribution in [0.2, 0.25) is 0 Å². The second-order valence-electron chi connectivity index (χ2n) is 4.42. The molecule has 1 aromatic heterocycles. The quantitative estimate of drug-likeness (QED) is 0.914. The van der Waals surface area contributed by atoms with E-state index in [-0.39, 0.29) is 17.5 Å². The van der Waals surface area contributed by atoms with Crippen LogP contribution in [-0.2, 0) is 0 Å². The first-order valence-electron chi connectivity index (χ1n) is 6.02. The van der Waals surface area contributed by atoms with E-state index in [0.29, 0.717) is 5.69 Å². The number of methoxy groups -OCH3 is 1. The number of nitrogens with two attached hydrogens (primary N) is 1. The van der Waals surface area contributed by atoms with Crippen LogP contribution in [-0.4, -0.2) is 42.0 Å². The van der Waals surface area contributed by atoms with Crippen LogP contribution >= 0.6 is 0 Å². The third-order valence-electron chi connectivity index (χ3n) is 2.75. The highest BCUT2D eigenvalue weighted by molar-refractivity contribution is 5.93. The first-order valence-corrected chi connectivity index (χ1v) is 6.02. The lowest BCUT2D eigenvalue weighted by atomic mass is 10.1. The van der Waals surface area contributed by atoms with Crippen molar-refractivity contribution in [2.75, 3.05) is 26.9 Å². The van der Waals surface area contributed by atoms with Gasteiger partial charge in [-0.25, -0.2) is 9.97 Å². The Labute approximate surface area is 117 Å². The maximum Gasteiger partial charge on any atom is 0.272 e. The number of ether oxygens (including phenoxy) is 1. The van der Waals surface area contributed by atoms with Gasteiger partial charge in [0.05, 0.1) is 12.8 Å². The summed E-state index contributed by atoms with van der Waals surface area (Å²) in [5.74, 6) is 0.609. The van der Waals surface area contributed by atoms with Crippen LogP contribution in [0.4, 0.5) is 5.95 Å². The zero-order chi connectivity index (χ0) is 14.7. The standard InChI is InChI=1S/C14H16N4O2/c1-18(2)13(19)12-8-11(16-14(15)17-12)9-4-6-10(20-3)7-5-9/h4-8H,1-3H3,(H2,15,16,17). The molecule has 1 amide bonds. The predicted molar refractivity (Wildman–Crippen MR) is 76.4 cm³/mol. The van der Waals surface area contributed by atoms with E-state index in [1.165, 1.54) is 4.90 Å². The molecule has 2 rings (SSSR count). The van der Waals surface area contributed by atoms with E-state index in [0.717, 1.165) is 11.3 Å². The molecule has 0 aliphatic heterocycles. The Bertz CT molecular complexity index is 624. The van der Waals surface area contributed by atoms with Gasteiger partial charge in [0.2, 0.25) is 5.95 Å². The van der Waals surface area contributed by atoms with Crippen molar-refractivity contribution < 1.29 is 9.53 Å². The molecule has 0 aliphatic carbocycles. The van der Waals surface area contributed by atoms with Crippen molar-refractivity contribution in [3.8, 4) is 17.0 Å². The van der Waals surface area contributed by atoms with Crippen molar-refractivity contribution in [2.45, 2.75) is 0 Å². The van der Waals surface area contributed by atoms with E-state index in [9.17, 15) is 4.79 Å². The number of aromatic nitrogens is 2. The summed E-state index contributed by atoms with van der Waals surface area (Å²) in [4.78, 5) is 21.5. The summed E-state index contributed by atoms with van der Waals surface area (Å²) < 4.78 is 5.10. The summed E-state index contributed by atoms with van der Waals surface area (Å²) in [5.41, 5.74) is 7.39. The highest BCUT2D eigenvalue weighted by atomic mass is 16.5. The topological polar surface area (TPSA) is 81.3 Å². The minimum atomic E-state index is -0.214. The molecule has 0 aliphatic rings. The van der Waals surface area contributed by atoms with Gasteiger partial charge < -0.3 is 15.4 Å². The fraction of sp³-hybridized carbons (Fsp3) is 0.214. The molecule has 20 heavy (non-hydrogen) atoms. The number of nitrogens with zero attached hydrogens (tertiary/aromatic N) is 3. The highest BCUT2D eigenvalue weighted by Gasteiger charge is 2.13. The van der Waals surface area contributed by atoms with Crippen molar-refractivity contribution in [3.05, 3.63) is 36.0 Å². The minimum absolute atomic E-state index is 0.0727. The number of carbonyl (C=O) groups excluding carboxylic acids is 1. The van der Waals surface area contributed by atoms with Gasteiger partial charge in [-0.2, -0.15) is 0 Å². The average molecular weight is 272 g/mol. The fourth-order valence-corrected chi connectivity index (χ4v) is 1.71. The molecule has 2 N–H and O–H groups in total. The Morgan fingerprint density at radius 1 is 1.20 bits per heavy atom. The van der Waals surface area contributed by atoms with Gasteiger partial charge in [-0.05, 0) is 30.3 Å². The largest absolute Gasteiger partial charge is 0.497 e. The molecule has 0 fully saturated rings. The van der Waals surface area contributed by atoms with E-state index in [1.54, 1.807) is 27.3 Å². The Morgan fingerprint density at radius 2 is 1.85 bits per heavy atom. The van der Waals surface area contributed by atoms with Gasteiger partial charge in [0, 0.05) is 19.7 Å². The average Bonchev–Trinajstić information content (AvgIpc) is 2.45. The lowest BCUT2D eigenvalue weighted by Crippen LogP contribution is -2.23. The molecule has 0 atom stereocenters. The van der Waals surface area contributed by atoms with Crippen LogP contribution in [0.1, 0.15) is 10.5 Å². The van der Waals surface area contributed by atoms with E-state index in [1.807, 2.05) is 24.3 Å². The van der Waals surface area contributed by atoms with Gasteiger partial charge in [-0.3, -0.25) is 4.79 Å². The Kier molecular flexibility index (Phi) is 3.84. The summed E-state index contributed by atoms with van der Waals surface area (Å²) >= 11 is 0. The SMILES string of the molecule is COc1ccc(-c2cc(C(=O)N(C)C)nc(N)n2)cc1. The molecule has 0 spiro atoms. The molecule has 0 saturated heterocycles. The van der Waals surface area contributed by atoms with Crippen molar-refractivity contribution >= 4 is 11.9 Å². The van der Waals surface area contributed by atoms with E-state index < -0.39 is 0 Å². The summed E-state index contributed by atoms with van der Waals surface area (Å²) in [6, 6.07) is 8.97. The van der Waals surface area contributed by atoms with Gasteiger partial charge in [-0.1, -0.05) is 0 Å². The summed E-state index contributed by atoms with van der Waals surface area (Å²) in [5, 5.41) is 0. The third kappa shape index (κ3) is 2.85. The molecular weight excluding hydrogens is 256 g/mol. The fourth-order valence-electron chi connectivity index (χ4n) is 1.71. The van der Waals surface area contributed by atoms with Gasteiger partial charge >= 0.3 is 0 Å². The van der Waals surface area contributed by atoms with E-state index >= 15 is 0 Å². The van der Waals surface area contributed by atoms with Crippen LogP contribution in [0, 0.1) is 0 Å². The van der Waals surface area contributed by atoms with Gasteiger partial charge in [0.15, 0.2) is 0 Å². The second kappa shape index (κ2) is 5.56. The third-order valence-corrected chi connectivity index (χ3v) is 2.75. The number of hydrogen-bond acceptors (Lipinski definition) is 5. The van der Waals surface area contributed by atoms with E-state index in [4.69, 9.17) is 10.5 Å². The Morgan fingerprint density at radius 3 is 2.40 bits per heavy atom. The molecule has 0 unspecified atom stereocenters. The van der Waals surface area contributed by atoms with Gasteiger partial charge in [0.1, 0.15) is 11.4 Å². The predicted octanol–water partition coefficient (Wildman–Crippen LogP) is 1.44. The molecule has 0 radical (unpaired) electrons. The summed E-state index contributed by atoms with van der Waals surface area (Å²) in [6.07, 6.45) is 0. The summed E-state index contributed by atoms with van der Waals surface area (Å²) in [7, 11) is 4.92. The Balaban J connectivity index is 2.43. The molecule has 0 saturated carbocycles. The zero-order valence-electron chi connectivity index (χ0n) is 11.6. The maximum atomic E-state index is 11.9. The molecule has 104 valence electrons. The molecule has 6 nitrogen and oxygen atoms in total. The first-order chi connectivity index (χ1) is 9.51. The van der Waals surface area contributed by atoms with Crippen molar-refractivity contribution in [2.24, 2.45) is 0 Å². The molecule has 6 heteroatoms. The number of carbonyl (C=O) groups is 1.